The second-order valence-electron chi connectivity index (χ2n) is 3.27. The lowest BCUT2D eigenvalue weighted by molar-refractivity contribution is 0.467. The zero-order valence-corrected chi connectivity index (χ0v) is 8.36. The fraction of sp³-hybridized carbons (Fsp3) is 0.400. The Bertz CT molecular complexity index is 381. The van der Waals surface area contributed by atoms with Gasteiger partial charge in [-0.2, -0.15) is 0 Å². The molecule has 1 aromatic carbocycles. The average Bonchev–Trinajstić information content (AvgIpc) is 2.14. The van der Waals surface area contributed by atoms with Crippen molar-refractivity contribution >= 4 is 0 Å². The van der Waals surface area contributed by atoms with E-state index in [1.54, 1.807) is 6.07 Å². The van der Waals surface area contributed by atoms with Crippen LogP contribution < -0.4 is 0 Å². The van der Waals surface area contributed by atoms with Gasteiger partial charge in [-0.1, -0.05) is 11.2 Å². The van der Waals surface area contributed by atoms with Crippen molar-refractivity contribution in [3.63, 3.8) is 0 Å². The van der Waals surface area contributed by atoms with E-state index in [2.05, 4.69) is 10.0 Å². The van der Waals surface area contributed by atoms with Crippen LogP contribution in [-0.2, 0) is 6.42 Å². The Kier molecular flexibility index (Phi) is 3.37. The third-order valence-electron chi connectivity index (χ3n) is 2.24. The molecule has 0 saturated heterocycles. The molecule has 1 rings (SSSR count). The van der Waals surface area contributed by atoms with Gasteiger partial charge in [-0.15, -0.1) is 0 Å². The summed E-state index contributed by atoms with van der Waals surface area (Å²) in [5, 5.41) is 13.0. The Morgan fingerprint density at radius 1 is 1.36 bits per heavy atom. The van der Waals surface area contributed by atoms with Crippen molar-refractivity contribution in [1.82, 2.24) is 0 Å². The van der Waals surface area contributed by atoms with Crippen LogP contribution in [0, 0.1) is 13.8 Å². The van der Waals surface area contributed by atoms with Crippen molar-refractivity contribution in [2.75, 3.05) is 6.54 Å². The number of aryl methyl sites for hydroxylation is 2. The molecule has 74 valence electrons. The maximum atomic E-state index is 9.58. The molecule has 0 aliphatic carbocycles. The van der Waals surface area contributed by atoms with Gasteiger partial charge in [0.1, 0.15) is 5.75 Å². The molecule has 0 heterocycles. The Morgan fingerprint density at radius 2 is 2.00 bits per heavy atom. The van der Waals surface area contributed by atoms with Gasteiger partial charge in [-0.05, 0) is 48.6 Å². The molecule has 0 aliphatic rings. The summed E-state index contributed by atoms with van der Waals surface area (Å²) in [4.78, 5) is 2.66. The maximum absolute atomic E-state index is 9.58. The van der Waals surface area contributed by atoms with E-state index in [-0.39, 0.29) is 5.75 Å². The topological polar surface area (TPSA) is 69.0 Å². The summed E-state index contributed by atoms with van der Waals surface area (Å²) in [5.74, 6) is 0.279. The highest BCUT2D eigenvalue weighted by atomic mass is 16.3. The van der Waals surface area contributed by atoms with Crippen LogP contribution in [0.5, 0.6) is 5.75 Å². The fourth-order valence-corrected chi connectivity index (χ4v) is 1.28. The van der Waals surface area contributed by atoms with Gasteiger partial charge < -0.3 is 5.11 Å². The van der Waals surface area contributed by atoms with E-state index in [1.807, 2.05) is 19.9 Å². The van der Waals surface area contributed by atoms with Crippen LogP contribution in [0.25, 0.3) is 10.4 Å². The number of hydrogen-bond donors (Lipinski definition) is 1. The monoisotopic (exact) mass is 191 g/mol. The van der Waals surface area contributed by atoms with Gasteiger partial charge in [0, 0.05) is 11.5 Å². The molecule has 0 spiro atoms. The summed E-state index contributed by atoms with van der Waals surface area (Å²) in [6.07, 6.45) is 0.580. The van der Waals surface area contributed by atoms with Gasteiger partial charge in [-0.25, -0.2) is 0 Å². The van der Waals surface area contributed by atoms with E-state index >= 15 is 0 Å². The van der Waals surface area contributed by atoms with Crippen LogP contribution in [0.2, 0.25) is 0 Å². The first-order valence-electron chi connectivity index (χ1n) is 4.45. The van der Waals surface area contributed by atoms with Crippen molar-refractivity contribution in [1.29, 1.82) is 0 Å². The summed E-state index contributed by atoms with van der Waals surface area (Å²) in [6.45, 7) is 4.32. The summed E-state index contributed by atoms with van der Waals surface area (Å²) >= 11 is 0. The standard InChI is InChI=1S/C10H13N3O/c1-7-5-9(3-4-12-13-11)10(14)6-8(7)2/h5-6,14H,3-4H2,1-2H3. The minimum Gasteiger partial charge on any atom is -0.508 e. The minimum absolute atomic E-state index is 0.279. The van der Waals surface area contributed by atoms with Crippen LogP contribution in [-0.4, -0.2) is 11.7 Å². The summed E-state index contributed by atoms with van der Waals surface area (Å²) in [6, 6.07) is 3.66. The lowest BCUT2D eigenvalue weighted by Gasteiger charge is -2.06. The first kappa shape index (κ1) is 10.4. The van der Waals surface area contributed by atoms with Gasteiger partial charge in [-0.3, -0.25) is 0 Å². The number of nitrogens with zero attached hydrogens (tertiary/aromatic N) is 3. The van der Waals surface area contributed by atoms with Crippen LogP contribution in [0.15, 0.2) is 17.2 Å². The Morgan fingerprint density at radius 3 is 2.64 bits per heavy atom. The van der Waals surface area contributed by atoms with E-state index in [9.17, 15) is 5.11 Å². The second-order valence-corrected chi connectivity index (χ2v) is 3.27. The quantitative estimate of drug-likeness (QED) is 0.445. The van der Waals surface area contributed by atoms with E-state index in [0.29, 0.717) is 13.0 Å². The Hall–Kier alpha value is -1.67. The van der Waals surface area contributed by atoms with Crippen molar-refractivity contribution < 1.29 is 5.11 Å². The highest BCUT2D eigenvalue weighted by Crippen LogP contribution is 2.22. The predicted molar refractivity (Wildman–Crippen MR) is 55.3 cm³/mol. The molecule has 0 radical (unpaired) electrons. The summed E-state index contributed by atoms with van der Waals surface area (Å²) < 4.78 is 0. The smallest absolute Gasteiger partial charge is 0.119 e. The van der Waals surface area contributed by atoms with Gasteiger partial charge in [0.25, 0.3) is 0 Å². The molecule has 14 heavy (non-hydrogen) atoms. The highest BCUT2D eigenvalue weighted by molar-refractivity contribution is 5.40. The lowest BCUT2D eigenvalue weighted by Crippen LogP contribution is -1.92. The van der Waals surface area contributed by atoms with Crippen LogP contribution in [0.3, 0.4) is 0 Å². The number of hydrogen-bond acceptors (Lipinski definition) is 2. The molecule has 0 atom stereocenters. The first-order chi connectivity index (χ1) is 6.65. The summed E-state index contributed by atoms with van der Waals surface area (Å²) in [7, 11) is 0. The molecule has 4 heteroatoms. The third kappa shape index (κ3) is 2.41. The molecule has 0 bridgehead atoms. The van der Waals surface area contributed by atoms with E-state index in [4.69, 9.17) is 5.53 Å². The van der Waals surface area contributed by atoms with E-state index < -0.39 is 0 Å². The van der Waals surface area contributed by atoms with Gasteiger partial charge in [0.15, 0.2) is 0 Å². The molecule has 0 amide bonds. The van der Waals surface area contributed by atoms with Gasteiger partial charge >= 0.3 is 0 Å². The second kappa shape index (κ2) is 4.53. The van der Waals surface area contributed by atoms with Crippen molar-refractivity contribution in [2.24, 2.45) is 5.11 Å². The molecule has 1 aromatic rings. The molecular formula is C10H13N3O. The number of aromatic hydroxyl groups is 1. The number of benzene rings is 1. The molecule has 0 aliphatic heterocycles. The molecule has 0 fully saturated rings. The fourth-order valence-electron chi connectivity index (χ4n) is 1.28. The molecular weight excluding hydrogens is 178 g/mol. The zero-order chi connectivity index (χ0) is 10.6. The largest absolute Gasteiger partial charge is 0.508 e. The van der Waals surface area contributed by atoms with Gasteiger partial charge in [0.05, 0.1) is 0 Å². The number of phenolic OH excluding ortho intramolecular Hbond substituents is 1. The van der Waals surface area contributed by atoms with Crippen molar-refractivity contribution in [3.05, 3.63) is 39.3 Å². The first-order valence-corrected chi connectivity index (χ1v) is 4.45. The highest BCUT2D eigenvalue weighted by Gasteiger charge is 2.02. The Labute approximate surface area is 82.8 Å². The van der Waals surface area contributed by atoms with Crippen LogP contribution in [0.4, 0.5) is 0 Å². The zero-order valence-electron chi connectivity index (χ0n) is 8.36. The third-order valence-corrected chi connectivity index (χ3v) is 2.24. The van der Waals surface area contributed by atoms with Crippen LogP contribution in [0.1, 0.15) is 16.7 Å². The molecule has 0 saturated carbocycles. The molecule has 4 nitrogen and oxygen atoms in total. The van der Waals surface area contributed by atoms with E-state index in [1.165, 1.54) is 0 Å². The number of azide groups is 1. The molecule has 0 unspecified atom stereocenters. The van der Waals surface area contributed by atoms with E-state index in [0.717, 1.165) is 16.7 Å². The van der Waals surface area contributed by atoms with Gasteiger partial charge in [0.2, 0.25) is 0 Å². The van der Waals surface area contributed by atoms with Crippen LogP contribution >= 0.6 is 0 Å². The maximum Gasteiger partial charge on any atom is 0.119 e. The average molecular weight is 191 g/mol. The van der Waals surface area contributed by atoms with Crippen molar-refractivity contribution in [2.45, 2.75) is 20.3 Å². The summed E-state index contributed by atoms with van der Waals surface area (Å²) in [5.41, 5.74) is 11.1. The van der Waals surface area contributed by atoms with Crippen molar-refractivity contribution in [3.8, 4) is 5.75 Å². The predicted octanol–water partition coefficient (Wildman–Crippen LogP) is 2.86. The molecule has 1 N–H and O–H groups in total. The lowest BCUT2D eigenvalue weighted by atomic mass is 10.0. The normalized spacial score (nSPS) is 9.57. The Balaban J connectivity index is 2.86. The SMILES string of the molecule is Cc1cc(O)c(CCN=[N+]=[N-])cc1C. The number of phenols is 1. The minimum atomic E-state index is 0.279. The number of rotatable bonds is 3. The molecule has 0 aromatic heterocycles.